The fourth-order valence-corrected chi connectivity index (χ4v) is 2.28. The molecule has 1 unspecified atom stereocenters. The zero-order chi connectivity index (χ0) is 13.9. The first-order chi connectivity index (χ1) is 9.85. The van der Waals surface area contributed by atoms with Crippen LogP contribution in [0.15, 0.2) is 42.9 Å². The Morgan fingerprint density at radius 2 is 2.05 bits per heavy atom. The lowest BCUT2D eigenvalue weighted by Crippen LogP contribution is -2.03. The number of nitriles is 1. The molecule has 0 spiro atoms. The lowest BCUT2D eigenvalue weighted by Gasteiger charge is -2.06. The van der Waals surface area contributed by atoms with Gasteiger partial charge in [0, 0.05) is 5.88 Å². The molecule has 5 nitrogen and oxygen atoms in total. The van der Waals surface area contributed by atoms with Gasteiger partial charge in [-0.25, -0.2) is 14.6 Å². The van der Waals surface area contributed by atoms with Crippen molar-refractivity contribution in [1.82, 2.24) is 19.7 Å². The molecule has 0 N–H and O–H groups in total. The molecule has 0 radical (unpaired) electrons. The monoisotopic (exact) mass is 283 g/mol. The van der Waals surface area contributed by atoms with Crippen LogP contribution in [-0.4, -0.2) is 25.6 Å². The van der Waals surface area contributed by atoms with Crippen molar-refractivity contribution < 1.29 is 0 Å². The second-order valence-corrected chi connectivity index (χ2v) is 4.53. The molecule has 98 valence electrons. The molecule has 0 aliphatic carbocycles. The summed E-state index contributed by atoms with van der Waals surface area (Å²) in [5.41, 5.74) is 2.20. The molecule has 0 fully saturated rings. The Bertz CT molecular complexity index is 775. The first kappa shape index (κ1) is 12.6. The third-order valence-corrected chi connectivity index (χ3v) is 3.35. The summed E-state index contributed by atoms with van der Waals surface area (Å²) in [4.78, 5) is 8.45. The van der Waals surface area contributed by atoms with Crippen molar-refractivity contribution in [2.75, 3.05) is 5.88 Å². The van der Waals surface area contributed by atoms with E-state index < -0.39 is 5.92 Å². The highest BCUT2D eigenvalue weighted by Gasteiger charge is 2.18. The summed E-state index contributed by atoms with van der Waals surface area (Å²) in [6, 6.07) is 11.8. The van der Waals surface area contributed by atoms with Gasteiger partial charge in [-0.1, -0.05) is 18.2 Å². The first-order valence-corrected chi connectivity index (χ1v) is 6.58. The molecule has 1 aromatic carbocycles. The number of benzene rings is 1. The largest absolute Gasteiger partial charge is 0.239 e. The molecule has 20 heavy (non-hydrogen) atoms. The predicted molar refractivity (Wildman–Crippen MR) is 75.7 cm³/mol. The molecule has 0 saturated heterocycles. The summed E-state index contributed by atoms with van der Waals surface area (Å²) in [5, 5.41) is 14.2. The number of halogens is 1. The zero-order valence-corrected chi connectivity index (χ0v) is 11.2. The van der Waals surface area contributed by atoms with E-state index in [-0.39, 0.29) is 5.88 Å². The number of hydrogen-bond donors (Lipinski definition) is 0. The third kappa shape index (κ3) is 2.00. The number of nitrogens with zero attached hydrogens (tertiary/aromatic N) is 5. The van der Waals surface area contributed by atoms with E-state index in [0.717, 1.165) is 11.1 Å². The van der Waals surface area contributed by atoms with Gasteiger partial charge in [-0.15, -0.1) is 11.6 Å². The van der Waals surface area contributed by atoms with Gasteiger partial charge < -0.3 is 0 Å². The van der Waals surface area contributed by atoms with Gasteiger partial charge in [0.2, 0.25) is 0 Å². The van der Waals surface area contributed by atoms with Crippen LogP contribution in [0.4, 0.5) is 0 Å². The molecule has 3 rings (SSSR count). The summed E-state index contributed by atoms with van der Waals surface area (Å²) in [6.45, 7) is 0. The van der Waals surface area contributed by atoms with Gasteiger partial charge in [0.15, 0.2) is 5.65 Å². The first-order valence-electron chi connectivity index (χ1n) is 6.04. The number of para-hydroxylation sites is 1. The lowest BCUT2D eigenvalue weighted by atomic mass is 10.1. The SMILES string of the molecule is N#CC(CCl)c1ncnc2c1cnn2-c1ccccc1. The molecule has 0 bridgehead atoms. The van der Waals surface area contributed by atoms with Crippen LogP contribution in [0.3, 0.4) is 0 Å². The van der Waals surface area contributed by atoms with Gasteiger partial charge in [-0.3, -0.25) is 0 Å². The minimum absolute atomic E-state index is 0.194. The van der Waals surface area contributed by atoms with Crippen LogP contribution < -0.4 is 0 Å². The molecule has 2 heterocycles. The molecule has 0 amide bonds. The Labute approximate surface area is 120 Å². The van der Waals surface area contributed by atoms with E-state index >= 15 is 0 Å². The van der Waals surface area contributed by atoms with Crippen LogP contribution in [0.5, 0.6) is 0 Å². The summed E-state index contributed by atoms with van der Waals surface area (Å²) in [5.74, 6) is -0.269. The fourth-order valence-electron chi connectivity index (χ4n) is 2.07. The Morgan fingerprint density at radius 1 is 1.25 bits per heavy atom. The maximum Gasteiger partial charge on any atom is 0.166 e. The predicted octanol–water partition coefficient (Wildman–Crippen LogP) is 2.66. The van der Waals surface area contributed by atoms with Crippen molar-refractivity contribution in [3.63, 3.8) is 0 Å². The topological polar surface area (TPSA) is 67.4 Å². The zero-order valence-electron chi connectivity index (χ0n) is 10.4. The minimum atomic E-state index is -0.462. The minimum Gasteiger partial charge on any atom is -0.239 e. The molecule has 6 heteroatoms. The van der Waals surface area contributed by atoms with Gasteiger partial charge in [0.25, 0.3) is 0 Å². The molecule has 0 saturated carbocycles. The van der Waals surface area contributed by atoms with E-state index in [1.54, 1.807) is 10.9 Å². The standard InChI is InChI=1S/C14H10ClN5/c15-6-10(7-16)13-12-8-19-20(14(12)18-9-17-13)11-4-2-1-3-5-11/h1-5,8-10H,6H2. The average Bonchev–Trinajstić information content (AvgIpc) is 2.94. The van der Waals surface area contributed by atoms with Gasteiger partial charge in [-0.2, -0.15) is 10.4 Å². The highest BCUT2D eigenvalue weighted by molar-refractivity contribution is 6.18. The smallest absolute Gasteiger partial charge is 0.166 e. The van der Waals surface area contributed by atoms with E-state index in [0.29, 0.717) is 11.3 Å². The molecule has 2 aromatic heterocycles. The summed E-state index contributed by atoms with van der Waals surface area (Å²) < 4.78 is 1.73. The Kier molecular flexibility index (Phi) is 3.32. The second-order valence-electron chi connectivity index (χ2n) is 4.22. The van der Waals surface area contributed by atoms with E-state index in [1.165, 1.54) is 6.33 Å². The Hall–Kier alpha value is -2.45. The quantitative estimate of drug-likeness (QED) is 0.693. The van der Waals surface area contributed by atoms with Crippen LogP contribution in [0.2, 0.25) is 0 Å². The van der Waals surface area contributed by atoms with Crippen LogP contribution in [0.1, 0.15) is 11.6 Å². The van der Waals surface area contributed by atoms with Gasteiger partial charge in [0.1, 0.15) is 12.2 Å². The van der Waals surface area contributed by atoms with Crippen molar-refractivity contribution in [2.45, 2.75) is 5.92 Å². The molecular weight excluding hydrogens is 274 g/mol. The van der Waals surface area contributed by atoms with Gasteiger partial charge in [0.05, 0.1) is 29.0 Å². The maximum atomic E-state index is 9.14. The molecule has 3 aromatic rings. The van der Waals surface area contributed by atoms with Crippen LogP contribution >= 0.6 is 11.6 Å². The highest BCUT2D eigenvalue weighted by Crippen LogP contribution is 2.24. The van der Waals surface area contributed by atoms with E-state index in [4.69, 9.17) is 16.9 Å². The number of fused-ring (bicyclic) bond motifs is 1. The van der Waals surface area contributed by atoms with Crippen molar-refractivity contribution >= 4 is 22.6 Å². The Balaban J connectivity index is 2.21. The van der Waals surface area contributed by atoms with Crippen LogP contribution in [-0.2, 0) is 0 Å². The summed E-state index contributed by atoms with van der Waals surface area (Å²) in [6.07, 6.45) is 3.12. The Morgan fingerprint density at radius 3 is 2.75 bits per heavy atom. The lowest BCUT2D eigenvalue weighted by molar-refractivity contribution is 0.889. The van der Waals surface area contributed by atoms with E-state index in [2.05, 4.69) is 21.1 Å². The number of rotatable bonds is 3. The molecule has 0 aliphatic heterocycles. The van der Waals surface area contributed by atoms with Gasteiger partial charge >= 0.3 is 0 Å². The average molecular weight is 284 g/mol. The van der Waals surface area contributed by atoms with Gasteiger partial charge in [-0.05, 0) is 12.1 Å². The van der Waals surface area contributed by atoms with Crippen molar-refractivity contribution in [2.24, 2.45) is 0 Å². The summed E-state index contributed by atoms with van der Waals surface area (Å²) in [7, 11) is 0. The number of aromatic nitrogens is 4. The van der Waals surface area contributed by atoms with Crippen LogP contribution in [0.25, 0.3) is 16.7 Å². The van der Waals surface area contributed by atoms with Crippen LogP contribution in [0, 0.1) is 11.3 Å². The van der Waals surface area contributed by atoms with E-state index in [9.17, 15) is 0 Å². The van der Waals surface area contributed by atoms with Crippen molar-refractivity contribution in [3.8, 4) is 11.8 Å². The second kappa shape index (κ2) is 5.27. The van der Waals surface area contributed by atoms with E-state index in [1.807, 2.05) is 30.3 Å². The number of alkyl halides is 1. The summed E-state index contributed by atoms with van der Waals surface area (Å²) >= 11 is 5.82. The third-order valence-electron chi connectivity index (χ3n) is 3.04. The van der Waals surface area contributed by atoms with Crippen molar-refractivity contribution in [1.29, 1.82) is 5.26 Å². The normalized spacial score (nSPS) is 12.2. The molecular formula is C14H10ClN5. The van der Waals surface area contributed by atoms with Crippen molar-refractivity contribution in [3.05, 3.63) is 48.5 Å². The highest BCUT2D eigenvalue weighted by atomic mass is 35.5. The number of hydrogen-bond acceptors (Lipinski definition) is 4. The maximum absolute atomic E-state index is 9.14. The molecule has 0 aliphatic rings. The fraction of sp³-hybridized carbons (Fsp3) is 0.143. The molecule has 1 atom stereocenters.